The molecule has 5 rings (SSSR count). The third kappa shape index (κ3) is 3.61. The Morgan fingerprint density at radius 1 is 1.12 bits per heavy atom. The molecule has 0 bridgehead atoms. The molecule has 1 atom stereocenters. The lowest BCUT2D eigenvalue weighted by atomic mass is 9.73. The Kier molecular flexibility index (Phi) is 5.06. The van der Waals surface area contributed by atoms with Crippen LogP contribution >= 0.6 is 0 Å². The first-order valence-corrected chi connectivity index (χ1v) is 11.0. The van der Waals surface area contributed by atoms with Crippen molar-refractivity contribution >= 4 is 5.82 Å². The molecule has 0 unspecified atom stereocenters. The Labute approximate surface area is 190 Å². The lowest BCUT2D eigenvalue weighted by molar-refractivity contribution is 0.187. The third-order valence-electron chi connectivity index (χ3n) is 7.11. The van der Waals surface area contributed by atoms with Crippen molar-refractivity contribution in [2.75, 3.05) is 18.0 Å². The van der Waals surface area contributed by atoms with E-state index < -0.39 is 11.6 Å². The Balaban J connectivity index is 1.38. The van der Waals surface area contributed by atoms with Gasteiger partial charge in [-0.05, 0) is 67.0 Å². The number of hydrogen-bond acceptors (Lipinski definition) is 4. The number of hydrogen-bond donors (Lipinski definition) is 1. The van der Waals surface area contributed by atoms with E-state index in [0.29, 0.717) is 24.7 Å². The highest BCUT2D eigenvalue weighted by atomic mass is 19.1. The molecule has 7 heteroatoms. The Hall–Kier alpha value is -3.50. The van der Waals surface area contributed by atoms with E-state index in [2.05, 4.69) is 21.9 Å². The molecular formula is C26H24F2N4O. The number of piperidine rings is 1. The Morgan fingerprint density at radius 3 is 2.45 bits per heavy atom. The number of aromatic nitrogens is 2. The van der Waals surface area contributed by atoms with Crippen LogP contribution in [0.4, 0.5) is 14.6 Å². The lowest BCUT2D eigenvalue weighted by Gasteiger charge is -2.42. The molecule has 1 spiro atoms. The molecule has 5 nitrogen and oxygen atoms in total. The summed E-state index contributed by atoms with van der Waals surface area (Å²) in [5.41, 5.74) is 9.65. The maximum absolute atomic E-state index is 13.7. The van der Waals surface area contributed by atoms with E-state index in [1.807, 2.05) is 12.1 Å². The molecular weight excluding hydrogens is 422 g/mol. The van der Waals surface area contributed by atoms with Crippen LogP contribution in [0, 0.1) is 36.3 Å². The van der Waals surface area contributed by atoms with E-state index in [0.717, 1.165) is 48.6 Å². The van der Waals surface area contributed by atoms with Gasteiger partial charge in [0.05, 0.1) is 5.69 Å². The molecule has 1 saturated heterocycles. The topological polar surface area (TPSA) is 64.2 Å². The number of terminal acetylenes is 1. The molecule has 3 aromatic rings. The standard InChI is InChI=1S/C26H24F2N4O/c1-3-17-4-5-18-15-26(25(29)22(18)10-17)6-8-31(9-7-26)23-14-24(33)32(16(2)30-23)21-12-19(27)11-20(28)13-21/h1,4-5,10-14,25H,6-9,15,29H2,2H3/t25-/m1/s1. The first-order valence-electron chi connectivity index (χ1n) is 11.0. The molecule has 1 aliphatic carbocycles. The monoisotopic (exact) mass is 446 g/mol. The first kappa shape index (κ1) is 21.4. The Bertz CT molecular complexity index is 1330. The molecule has 0 radical (unpaired) electrons. The van der Waals surface area contributed by atoms with Crippen LogP contribution in [0.25, 0.3) is 5.69 Å². The number of nitrogens with two attached hydrogens (primary N) is 1. The van der Waals surface area contributed by atoms with E-state index in [4.69, 9.17) is 12.2 Å². The highest BCUT2D eigenvalue weighted by Crippen LogP contribution is 2.51. The average Bonchev–Trinajstić information content (AvgIpc) is 3.03. The van der Waals surface area contributed by atoms with E-state index in [-0.39, 0.29) is 22.7 Å². The van der Waals surface area contributed by atoms with Crippen LogP contribution < -0.4 is 16.2 Å². The zero-order valence-corrected chi connectivity index (χ0v) is 18.3. The van der Waals surface area contributed by atoms with Gasteiger partial charge < -0.3 is 10.6 Å². The van der Waals surface area contributed by atoms with Gasteiger partial charge in [0.25, 0.3) is 5.56 Å². The first-order chi connectivity index (χ1) is 15.8. The van der Waals surface area contributed by atoms with Crippen LogP contribution in [0.2, 0.25) is 0 Å². The number of rotatable bonds is 2. The summed E-state index contributed by atoms with van der Waals surface area (Å²) in [6, 6.07) is 10.4. The maximum atomic E-state index is 13.7. The van der Waals surface area contributed by atoms with Crippen LogP contribution in [0.3, 0.4) is 0 Å². The van der Waals surface area contributed by atoms with Gasteiger partial charge in [0.1, 0.15) is 23.3 Å². The third-order valence-corrected chi connectivity index (χ3v) is 7.11. The zero-order valence-electron chi connectivity index (χ0n) is 18.3. The molecule has 0 amide bonds. The summed E-state index contributed by atoms with van der Waals surface area (Å²) in [6.45, 7) is 3.09. The number of aryl methyl sites for hydroxylation is 1. The fourth-order valence-corrected chi connectivity index (χ4v) is 5.35. The molecule has 1 fully saturated rings. The van der Waals surface area contributed by atoms with Crippen molar-refractivity contribution in [3.63, 3.8) is 0 Å². The van der Waals surface area contributed by atoms with Crippen molar-refractivity contribution in [1.29, 1.82) is 0 Å². The summed E-state index contributed by atoms with van der Waals surface area (Å²) in [5, 5.41) is 0. The minimum atomic E-state index is -0.745. The maximum Gasteiger partial charge on any atom is 0.260 e. The van der Waals surface area contributed by atoms with Crippen molar-refractivity contribution < 1.29 is 8.78 Å². The van der Waals surface area contributed by atoms with Crippen LogP contribution in [-0.2, 0) is 6.42 Å². The van der Waals surface area contributed by atoms with E-state index in [9.17, 15) is 13.6 Å². The highest BCUT2D eigenvalue weighted by molar-refractivity contribution is 5.47. The van der Waals surface area contributed by atoms with Gasteiger partial charge in [0.15, 0.2) is 0 Å². The highest BCUT2D eigenvalue weighted by Gasteiger charge is 2.46. The molecule has 1 aliphatic heterocycles. The second kappa shape index (κ2) is 7.82. The summed E-state index contributed by atoms with van der Waals surface area (Å²) in [6.07, 6.45) is 8.21. The van der Waals surface area contributed by atoms with Crippen molar-refractivity contribution in [1.82, 2.24) is 9.55 Å². The summed E-state index contributed by atoms with van der Waals surface area (Å²) in [5.74, 6) is 2.13. The number of fused-ring (bicyclic) bond motifs is 1. The summed E-state index contributed by atoms with van der Waals surface area (Å²) in [7, 11) is 0. The van der Waals surface area contributed by atoms with E-state index in [1.54, 1.807) is 6.92 Å². The number of anilines is 1. The minimum Gasteiger partial charge on any atom is -0.356 e. The van der Waals surface area contributed by atoms with E-state index >= 15 is 0 Å². The van der Waals surface area contributed by atoms with Crippen LogP contribution in [0.15, 0.2) is 47.3 Å². The summed E-state index contributed by atoms with van der Waals surface area (Å²) in [4.78, 5) is 19.5. The van der Waals surface area contributed by atoms with Gasteiger partial charge in [-0.3, -0.25) is 9.36 Å². The second-order valence-electron chi connectivity index (χ2n) is 9.02. The fourth-order valence-electron chi connectivity index (χ4n) is 5.35. The van der Waals surface area contributed by atoms with Gasteiger partial charge in [-0.25, -0.2) is 13.8 Å². The van der Waals surface area contributed by atoms with Crippen LogP contribution in [0.1, 0.15) is 41.4 Å². The van der Waals surface area contributed by atoms with Crippen molar-refractivity contribution in [2.45, 2.75) is 32.2 Å². The molecule has 2 aliphatic rings. The predicted molar refractivity (Wildman–Crippen MR) is 123 cm³/mol. The van der Waals surface area contributed by atoms with Gasteiger partial charge in [-0.15, -0.1) is 6.42 Å². The zero-order chi connectivity index (χ0) is 23.3. The molecule has 2 heterocycles. The van der Waals surface area contributed by atoms with Gasteiger partial charge in [-0.1, -0.05) is 12.0 Å². The van der Waals surface area contributed by atoms with Gasteiger partial charge in [-0.2, -0.15) is 0 Å². The van der Waals surface area contributed by atoms with Crippen molar-refractivity contribution in [2.24, 2.45) is 11.1 Å². The summed E-state index contributed by atoms with van der Waals surface area (Å²) >= 11 is 0. The van der Waals surface area contributed by atoms with Crippen LogP contribution in [0.5, 0.6) is 0 Å². The quantitative estimate of drug-likeness (QED) is 0.611. The predicted octanol–water partition coefficient (Wildman–Crippen LogP) is 3.64. The minimum absolute atomic E-state index is 0.0326. The Morgan fingerprint density at radius 2 is 1.82 bits per heavy atom. The van der Waals surface area contributed by atoms with Gasteiger partial charge >= 0.3 is 0 Å². The molecule has 33 heavy (non-hydrogen) atoms. The SMILES string of the molecule is C#Cc1ccc2c(c1)[C@@H](N)C1(CCN(c3cc(=O)n(-c4cc(F)cc(F)c4)c(C)n3)CC1)C2. The molecule has 1 aromatic heterocycles. The number of nitrogens with zero attached hydrogens (tertiary/aromatic N) is 3. The lowest BCUT2D eigenvalue weighted by Crippen LogP contribution is -2.45. The largest absolute Gasteiger partial charge is 0.356 e. The molecule has 168 valence electrons. The smallest absolute Gasteiger partial charge is 0.260 e. The summed E-state index contributed by atoms with van der Waals surface area (Å²) < 4.78 is 28.5. The van der Waals surface area contributed by atoms with Crippen LogP contribution in [-0.4, -0.2) is 22.6 Å². The second-order valence-corrected chi connectivity index (χ2v) is 9.02. The molecule has 2 aromatic carbocycles. The van der Waals surface area contributed by atoms with Crippen molar-refractivity contribution in [3.05, 3.63) is 87.0 Å². The average molecular weight is 447 g/mol. The number of benzene rings is 2. The van der Waals surface area contributed by atoms with Gasteiger partial charge in [0.2, 0.25) is 0 Å². The fraction of sp³-hybridized carbons (Fsp3) is 0.308. The molecule has 0 saturated carbocycles. The van der Waals surface area contributed by atoms with Crippen molar-refractivity contribution in [3.8, 4) is 18.0 Å². The number of halogens is 2. The van der Waals surface area contributed by atoms with E-state index in [1.165, 1.54) is 16.2 Å². The normalized spacial score (nSPS) is 18.9. The van der Waals surface area contributed by atoms with Gasteiger partial charge in [0, 0.05) is 36.8 Å². The molecule has 2 N–H and O–H groups in total.